The van der Waals surface area contributed by atoms with E-state index in [1.165, 1.54) is 38.4 Å². The van der Waals surface area contributed by atoms with Crippen LogP contribution in [-0.2, 0) is 21.2 Å². The van der Waals surface area contributed by atoms with Crippen molar-refractivity contribution in [1.29, 1.82) is 0 Å². The van der Waals surface area contributed by atoms with Crippen LogP contribution >= 0.6 is 0 Å². The van der Waals surface area contributed by atoms with Crippen LogP contribution in [0.15, 0.2) is 47.4 Å². The highest BCUT2D eigenvalue weighted by Gasteiger charge is 2.26. The average molecular weight is 387 g/mol. The number of hydrogen-bond donors (Lipinski definition) is 1. The third-order valence-electron chi connectivity index (χ3n) is 4.48. The van der Waals surface area contributed by atoms with Gasteiger partial charge in [-0.3, -0.25) is 9.59 Å². The van der Waals surface area contributed by atoms with Crippen LogP contribution in [0.4, 0.5) is 11.4 Å². The van der Waals surface area contributed by atoms with Crippen molar-refractivity contribution in [1.82, 2.24) is 4.31 Å². The zero-order chi connectivity index (χ0) is 19.8. The topological polar surface area (TPSA) is 86.8 Å². The highest BCUT2D eigenvalue weighted by Crippen LogP contribution is 2.31. The van der Waals surface area contributed by atoms with Gasteiger partial charge in [0.1, 0.15) is 0 Å². The third-order valence-corrected chi connectivity index (χ3v) is 6.31. The van der Waals surface area contributed by atoms with E-state index < -0.39 is 10.0 Å². The Kier molecular flexibility index (Phi) is 5.03. The lowest BCUT2D eigenvalue weighted by molar-refractivity contribution is -0.117. The largest absolute Gasteiger partial charge is 0.322 e. The molecule has 2 amide bonds. The highest BCUT2D eigenvalue weighted by molar-refractivity contribution is 7.89. The van der Waals surface area contributed by atoms with Gasteiger partial charge in [0, 0.05) is 37.6 Å². The van der Waals surface area contributed by atoms with Gasteiger partial charge in [-0.2, -0.15) is 0 Å². The van der Waals surface area contributed by atoms with Crippen molar-refractivity contribution in [2.75, 3.05) is 30.9 Å². The first-order valence-corrected chi connectivity index (χ1v) is 9.95. The van der Waals surface area contributed by atoms with Gasteiger partial charge >= 0.3 is 0 Å². The normalized spacial score (nSPS) is 13.8. The number of amides is 2. The van der Waals surface area contributed by atoms with Crippen molar-refractivity contribution in [3.63, 3.8) is 0 Å². The molecule has 1 aliphatic heterocycles. The molecule has 8 heteroatoms. The maximum atomic E-state index is 12.4. The second kappa shape index (κ2) is 7.13. The highest BCUT2D eigenvalue weighted by atomic mass is 32.2. The predicted octanol–water partition coefficient (Wildman–Crippen LogP) is 2.10. The van der Waals surface area contributed by atoms with Crippen LogP contribution in [0.3, 0.4) is 0 Å². The molecule has 3 rings (SSSR count). The summed E-state index contributed by atoms with van der Waals surface area (Å²) >= 11 is 0. The van der Waals surface area contributed by atoms with Crippen molar-refractivity contribution in [2.45, 2.75) is 18.2 Å². The SMILES string of the molecule is CCN1C(=O)Cc2cc(NC(=O)c3ccc(S(=O)(=O)N(C)C)cc3)ccc21. The maximum Gasteiger partial charge on any atom is 0.255 e. The van der Waals surface area contributed by atoms with Crippen LogP contribution < -0.4 is 10.2 Å². The monoisotopic (exact) mass is 387 g/mol. The minimum Gasteiger partial charge on any atom is -0.322 e. The number of nitrogens with zero attached hydrogens (tertiary/aromatic N) is 2. The van der Waals surface area contributed by atoms with E-state index in [0.717, 1.165) is 15.6 Å². The zero-order valence-corrected chi connectivity index (χ0v) is 16.2. The first-order chi connectivity index (χ1) is 12.7. The van der Waals surface area contributed by atoms with Gasteiger partial charge in [-0.05, 0) is 55.0 Å². The molecule has 0 aromatic heterocycles. The molecule has 142 valence electrons. The Morgan fingerprint density at radius 2 is 1.81 bits per heavy atom. The second-order valence-corrected chi connectivity index (χ2v) is 8.58. The van der Waals surface area contributed by atoms with E-state index in [1.54, 1.807) is 17.0 Å². The summed E-state index contributed by atoms with van der Waals surface area (Å²) in [5.74, 6) is -0.297. The number of rotatable bonds is 5. The molecule has 0 unspecified atom stereocenters. The van der Waals surface area contributed by atoms with Crippen molar-refractivity contribution in [3.05, 3.63) is 53.6 Å². The molecule has 0 saturated carbocycles. The van der Waals surface area contributed by atoms with E-state index in [4.69, 9.17) is 0 Å². The summed E-state index contributed by atoms with van der Waals surface area (Å²) in [6.07, 6.45) is 0.323. The molecule has 1 heterocycles. The Bertz CT molecular complexity index is 998. The average Bonchev–Trinajstić information content (AvgIpc) is 2.95. The summed E-state index contributed by atoms with van der Waals surface area (Å²) in [6.45, 7) is 2.53. The molecular weight excluding hydrogens is 366 g/mol. The van der Waals surface area contributed by atoms with Crippen LogP contribution in [-0.4, -0.2) is 45.2 Å². The van der Waals surface area contributed by atoms with Gasteiger partial charge in [0.05, 0.1) is 11.3 Å². The second-order valence-electron chi connectivity index (χ2n) is 6.42. The molecule has 27 heavy (non-hydrogen) atoms. The smallest absolute Gasteiger partial charge is 0.255 e. The molecule has 2 aromatic carbocycles. The molecule has 0 fully saturated rings. The zero-order valence-electron chi connectivity index (χ0n) is 15.4. The number of anilines is 2. The Morgan fingerprint density at radius 1 is 1.15 bits per heavy atom. The molecule has 7 nitrogen and oxygen atoms in total. The van der Waals surface area contributed by atoms with Crippen molar-refractivity contribution in [3.8, 4) is 0 Å². The lowest BCUT2D eigenvalue weighted by Gasteiger charge is -2.15. The fourth-order valence-corrected chi connectivity index (χ4v) is 3.90. The van der Waals surface area contributed by atoms with Crippen molar-refractivity contribution in [2.24, 2.45) is 0 Å². The number of carbonyl (C=O) groups is 2. The van der Waals surface area contributed by atoms with Gasteiger partial charge in [-0.15, -0.1) is 0 Å². The molecule has 0 saturated heterocycles. The van der Waals surface area contributed by atoms with Crippen LogP contribution in [0.2, 0.25) is 0 Å². The summed E-state index contributed by atoms with van der Waals surface area (Å²) in [4.78, 5) is 26.2. The van der Waals surface area contributed by atoms with E-state index in [0.29, 0.717) is 24.2 Å². The van der Waals surface area contributed by atoms with Gasteiger partial charge in [-0.25, -0.2) is 12.7 Å². The standard InChI is InChI=1S/C19H21N3O4S/c1-4-22-17-10-7-15(11-14(17)12-18(22)23)20-19(24)13-5-8-16(9-6-13)27(25,26)21(2)3/h5-11H,4,12H2,1-3H3,(H,20,24). The lowest BCUT2D eigenvalue weighted by atomic mass is 10.1. The summed E-state index contributed by atoms with van der Waals surface area (Å²) in [5.41, 5.74) is 2.69. The molecule has 0 aliphatic carbocycles. The Morgan fingerprint density at radius 3 is 2.41 bits per heavy atom. The minimum absolute atomic E-state index is 0.0497. The first-order valence-electron chi connectivity index (χ1n) is 8.51. The van der Waals surface area contributed by atoms with Crippen LogP contribution in [0.1, 0.15) is 22.8 Å². The maximum absolute atomic E-state index is 12.4. The third kappa shape index (κ3) is 3.58. The van der Waals surface area contributed by atoms with Gasteiger partial charge in [-0.1, -0.05) is 0 Å². The van der Waals surface area contributed by atoms with Crippen LogP contribution in [0.5, 0.6) is 0 Å². The van der Waals surface area contributed by atoms with E-state index in [-0.39, 0.29) is 16.7 Å². The quantitative estimate of drug-likeness (QED) is 0.851. The number of benzene rings is 2. The van der Waals surface area contributed by atoms with E-state index in [9.17, 15) is 18.0 Å². The van der Waals surface area contributed by atoms with E-state index in [1.807, 2.05) is 13.0 Å². The molecule has 2 aromatic rings. The number of likely N-dealkylation sites (N-methyl/N-ethyl adjacent to an activating group) is 1. The Balaban J connectivity index is 1.77. The molecule has 0 radical (unpaired) electrons. The molecule has 0 atom stereocenters. The van der Waals surface area contributed by atoms with E-state index in [2.05, 4.69) is 5.32 Å². The summed E-state index contributed by atoms with van der Waals surface area (Å²) in [6, 6.07) is 11.1. The first kappa shape index (κ1) is 19.1. The van der Waals surface area contributed by atoms with Gasteiger partial charge in [0.25, 0.3) is 5.91 Å². The number of hydrogen-bond acceptors (Lipinski definition) is 4. The molecular formula is C19H21N3O4S. The molecule has 0 spiro atoms. The van der Waals surface area contributed by atoms with Crippen molar-refractivity contribution < 1.29 is 18.0 Å². The minimum atomic E-state index is -3.53. The summed E-state index contributed by atoms with van der Waals surface area (Å²) in [7, 11) is -0.628. The van der Waals surface area contributed by atoms with Gasteiger partial charge in [0.15, 0.2) is 0 Å². The number of sulfonamides is 1. The Labute approximate surface area is 158 Å². The molecule has 1 N–H and O–H groups in total. The van der Waals surface area contributed by atoms with Gasteiger partial charge in [0.2, 0.25) is 15.9 Å². The molecule has 1 aliphatic rings. The summed E-state index contributed by atoms with van der Waals surface area (Å²) < 4.78 is 25.3. The fourth-order valence-electron chi connectivity index (χ4n) is 3.00. The fraction of sp³-hybridized carbons (Fsp3) is 0.263. The number of carbonyl (C=O) groups excluding carboxylic acids is 2. The Hall–Kier alpha value is -2.71. The number of nitrogens with one attached hydrogen (secondary N) is 1. The predicted molar refractivity (Wildman–Crippen MR) is 103 cm³/mol. The van der Waals surface area contributed by atoms with Crippen molar-refractivity contribution >= 4 is 33.2 Å². The summed E-state index contributed by atoms with van der Waals surface area (Å²) in [5, 5.41) is 2.79. The number of fused-ring (bicyclic) bond motifs is 1. The van der Waals surface area contributed by atoms with E-state index >= 15 is 0 Å². The van der Waals surface area contributed by atoms with Crippen LogP contribution in [0, 0.1) is 0 Å². The van der Waals surface area contributed by atoms with Crippen LogP contribution in [0.25, 0.3) is 0 Å². The van der Waals surface area contributed by atoms with Gasteiger partial charge < -0.3 is 10.2 Å². The molecule has 0 bridgehead atoms. The lowest BCUT2D eigenvalue weighted by Crippen LogP contribution is -2.25.